The van der Waals surface area contributed by atoms with Crippen LogP contribution in [-0.2, 0) is 25.7 Å². The molecule has 50 heavy (non-hydrogen) atoms. The fourth-order valence-corrected chi connectivity index (χ4v) is 6.67. The summed E-state index contributed by atoms with van der Waals surface area (Å²) in [6.07, 6.45) is 0.435. The quantitative estimate of drug-likeness (QED) is 0.0950. The first-order valence-electron chi connectivity index (χ1n) is 17.0. The van der Waals surface area contributed by atoms with Gasteiger partial charge in [0, 0.05) is 21.9 Å². The van der Waals surface area contributed by atoms with Crippen molar-refractivity contribution < 1.29 is 33.8 Å². The van der Waals surface area contributed by atoms with Gasteiger partial charge in [0.15, 0.2) is 6.29 Å². The first-order valence-corrected chi connectivity index (χ1v) is 17.8. The number of alkyl carbamates (subject to hydrolysis) is 1. The Balaban J connectivity index is 1.22. The van der Waals surface area contributed by atoms with E-state index in [0.29, 0.717) is 44.4 Å². The number of aliphatic hydroxyl groups is 1. The van der Waals surface area contributed by atoms with Crippen LogP contribution in [0.4, 0.5) is 16.2 Å². The van der Waals surface area contributed by atoms with E-state index in [1.165, 1.54) is 0 Å². The van der Waals surface area contributed by atoms with E-state index in [0.717, 1.165) is 26.7 Å². The van der Waals surface area contributed by atoms with Crippen molar-refractivity contribution >= 4 is 47.0 Å². The molecule has 4 atom stereocenters. The van der Waals surface area contributed by atoms with Crippen molar-refractivity contribution in [1.29, 1.82) is 0 Å². The van der Waals surface area contributed by atoms with Gasteiger partial charge in [0.25, 0.3) is 5.91 Å². The minimum atomic E-state index is -1.11. The number of anilines is 2. The largest absolute Gasteiger partial charge is 0.445 e. The van der Waals surface area contributed by atoms with Crippen LogP contribution in [0.2, 0.25) is 0 Å². The number of unbranched alkanes of at least 4 members (excludes halogenated alkanes) is 1. The van der Waals surface area contributed by atoms with Crippen LogP contribution in [0, 0.1) is 5.92 Å². The number of carbonyl (C=O) groups excluding carboxylic acids is 4. The van der Waals surface area contributed by atoms with Crippen LogP contribution in [0.5, 0.6) is 0 Å². The monoisotopic (exact) mass is 703 g/mol. The van der Waals surface area contributed by atoms with Gasteiger partial charge in [0.05, 0.1) is 24.0 Å². The molecule has 13 heteroatoms. The topological polar surface area (TPSA) is 167 Å². The van der Waals surface area contributed by atoms with E-state index >= 15 is 0 Å². The van der Waals surface area contributed by atoms with Crippen LogP contribution in [0.25, 0.3) is 0 Å². The highest BCUT2D eigenvalue weighted by Crippen LogP contribution is 2.44. The Morgan fingerprint density at radius 2 is 1.68 bits per heavy atom. The average Bonchev–Trinajstić information content (AvgIpc) is 3.52. The number of amides is 4. The predicted octanol–water partition coefficient (Wildman–Crippen LogP) is 4.84. The summed E-state index contributed by atoms with van der Waals surface area (Å²) < 4.78 is 10.4. The number of para-hydroxylation sites is 1. The number of carbonyl (C=O) groups is 4. The lowest BCUT2D eigenvalue weighted by Crippen LogP contribution is -2.56. The molecule has 0 spiro atoms. The Hall–Kier alpha value is -4.59. The highest BCUT2D eigenvalue weighted by Gasteiger charge is 2.32. The van der Waals surface area contributed by atoms with Gasteiger partial charge in [0.1, 0.15) is 18.7 Å². The van der Waals surface area contributed by atoms with Crippen molar-refractivity contribution in [2.45, 2.75) is 86.8 Å². The van der Waals surface area contributed by atoms with Crippen molar-refractivity contribution in [1.82, 2.24) is 21.3 Å². The van der Waals surface area contributed by atoms with Crippen molar-refractivity contribution in [2.75, 3.05) is 18.5 Å². The molecule has 0 aliphatic carbocycles. The Kier molecular flexibility index (Phi) is 13.1. The van der Waals surface area contributed by atoms with Gasteiger partial charge < -0.3 is 41.2 Å². The molecule has 3 aromatic carbocycles. The summed E-state index contributed by atoms with van der Waals surface area (Å²) in [5.41, 5.74) is 2.99. The molecule has 1 saturated heterocycles. The number of ether oxygens (including phenoxy) is 2. The lowest BCUT2D eigenvalue weighted by atomic mass is 10.0. The molecular weight excluding hydrogens is 659 g/mol. The molecule has 0 bridgehead atoms. The molecule has 2 aliphatic rings. The highest BCUT2D eigenvalue weighted by atomic mass is 32.2. The fourth-order valence-electron chi connectivity index (χ4n) is 5.71. The molecule has 2 aliphatic heterocycles. The summed E-state index contributed by atoms with van der Waals surface area (Å²) in [6.45, 7) is 4.68. The summed E-state index contributed by atoms with van der Waals surface area (Å²) in [5.74, 6) is -1.29. The van der Waals surface area contributed by atoms with E-state index in [-0.39, 0.29) is 18.9 Å². The molecule has 1 fully saturated rings. The third-order valence-corrected chi connectivity index (χ3v) is 9.52. The van der Waals surface area contributed by atoms with Crippen LogP contribution in [-0.4, -0.2) is 66.5 Å². The number of fused-ring (bicyclic) bond motifs is 2. The summed E-state index contributed by atoms with van der Waals surface area (Å²) in [5, 5.41) is 24.7. The zero-order valence-corrected chi connectivity index (χ0v) is 29.1. The second-order valence-corrected chi connectivity index (χ2v) is 13.9. The second kappa shape index (κ2) is 17.9. The third kappa shape index (κ3) is 10.5. The van der Waals surface area contributed by atoms with Gasteiger partial charge in [-0.05, 0) is 73.9 Å². The molecule has 0 radical (unpaired) electrons. The molecule has 4 amide bonds. The van der Waals surface area contributed by atoms with Crippen LogP contribution >= 0.6 is 11.8 Å². The molecular formula is C37H45N5O7S. The first kappa shape index (κ1) is 36.7. The van der Waals surface area contributed by atoms with Crippen LogP contribution in [0.15, 0.2) is 82.6 Å². The minimum absolute atomic E-state index is 0.0718. The van der Waals surface area contributed by atoms with Crippen molar-refractivity contribution in [3.05, 3.63) is 83.9 Å². The third-order valence-electron chi connectivity index (χ3n) is 8.37. The van der Waals surface area contributed by atoms with Gasteiger partial charge in [-0.15, -0.1) is 0 Å². The van der Waals surface area contributed by atoms with E-state index in [9.17, 15) is 24.3 Å². The smallest absolute Gasteiger partial charge is 0.407 e. The Morgan fingerprint density at radius 1 is 0.920 bits per heavy atom. The van der Waals surface area contributed by atoms with Crippen molar-refractivity contribution in [3.63, 3.8) is 0 Å². The number of hydrogen-bond acceptors (Lipinski definition) is 9. The SMILES string of the molecule is CC(C)C[C@H](NC(=O)[C@H](CCCCNC(=O)OCc1ccccc1)NC(=O)c1ccc2c(c1)Nc1ccccc1S2)C(=O)N[C@H]1CCOC1O. The molecule has 6 N–H and O–H groups in total. The summed E-state index contributed by atoms with van der Waals surface area (Å²) >= 11 is 1.61. The summed E-state index contributed by atoms with van der Waals surface area (Å²) in [4.78, 5) is 54.9. The van der Waals surface area contributed by atoms with Gasteiger partial charge >= 0.3 is 6.09 Å². The lowest BCUT2D eigenvalue weighted by Gasteiger charge is -2.26. The maximum atomic E-state index is 13.8. The molecule has 0 saturated carbocycles. The molecule has 12 nitrogen and oxygen atoms in total. The highest BCUT2D eigenvalue weighted by molar-refractivity contribution is 7.99. The minimum Gasteiger partial charge on any atom is -0.445 e. The molecule has 3 aromatic rings. The fraction of sp³-hybridized carbons (Fsp3) is 0.405. The number of rotatable bonds is 15. The normalized spacial score (nSPS) is 17.4. The molecule has 5 rings (SSSR count). The van der Waals surface area contributed by atoms with Gasteiger partial charge in [-0.2, -0.15) is 0 Å². The molecule has 1 unspecified atom stereocenters. The van der Waals surface area contributed by atoms with E-state index < -0.39 is 48.2 Å². The number of nitrogens with one attached hydrogen (secondary N) is 5. The van der Waals surface area contributed by atoms with E-state index in [1.807, 2.05) is 74.5 Å². The van der Waals surface area contributed by atoms with Gasteiger partial charge in [0.2, 0.25) is 11.8 Å². The average molecular weight is 704 g/mol. The van der Waals surface area contributed by atoms with Crippen LogP contribution < -0.4 is 26.6 Å². The van der Waals surface area contributed by atoms with E-state index in [4.69, 9.17) is 9.47 Å². The maximum absolute atomic E-state index is 13.8. The Bertz CT molecular complexity index is 1640. The van der Waals surface area contributed by atoms with Crippen LogP contribution in [0.3, 0.4) is 0 Å². The Labute approximate surface area is 296 Å². The zero-order valence-electron chi connectivity index (χ0n) is 28.3. The zero-order chi connectivity index (χ0) is 35.5. The number of aliphatic hydroxyl groups excluding tert-OH is 1. The summed E-state index contributed by atoms with van der Waals surface area (Å²) in [6, 6.07) is 20.2. The lowest BCUT2D eigenvalue weighted by molar-refractivity contribution is -0.132. The van der Waals surface area contributed by atoms with E-state index in [1.54, 1.807) is 23.9 Å². The maximum Gasteiger partial charge on any atom is 0.407 e. The van der Waals surface area contributed by atoms with Crippen molar-refractivity contribution in [2.24, 2.45) is 5.92 Å². The van der Waals surface area contributed by atoms with Crippen LogP contribution in [0.1, 0.15) is 61.9 Å². The van der Waals surface area contributed by atoms with Gasteiger partial charge in [-0.3, -0.25) is 14.4 Å². The first-order chi connectivity index (χ1) is 24.2. The van der Waals surface area contributed by atoms with Crippen molar-refractivity contribution in [3.8, 4) is 0 Å². The number of benzene rings is 3. The molecule has 2 heterocycles. The molecule has 266 valence electrons. The summed E-state index contributed by atoms with van der Waals surface area (Å²) in [7, 11) is 0. The standard InChI is InChI=1S/C37H45N5O7S/c1-23(2)20-30(35(45)41-28-17-19-48-36(28)46)42-34(44)27(13-8-9-18-38-37(47)49-22-24-10-4-3-5-11-24)40-33(43)25-15-16-32-29(21-25)39-26-12-6-7-14-31(26)50-32/h3-7,10-12,14-16,21,23,27-28,30,36,39,46H,8-9,13,17-20,22H2,1-2H3,(H,38,47)(H,40,43)(H,41,45)(H,42,44)/t27-,28-,30-,36?/m0/s1. The predicted molar refractivity (Wildman–Crippen MR) is 190 cm³/mol. The van der Waals surface area contributed by atoms with Gasteiger partial charge in [-0.1, -0.05) is 68.1 Å². The van der Waals surface area contributed by atoms with E-state index in [2.05, 4.69) is 26.6 Å². The number of hydrogen-bond donors (Lipinski definition) is 6. The van der Waals surface area contributed by atoms with Gasteiger partial charge in [-0.25, -0.2) is 4.79 Å². The Morgan fingerprint density at radius 3 is 2.44 bits per heavy atom. The molecule has 0 aromatic heterocycles. The second-order valence-electron chi connectivity index (χ2n) is 12.8.